The second-order valence-electron chi connectivity index (χ2n) is 4.12. The first-order chi connectivity index (χ1) is 7.68. The quantitative estimate of drug-likeness (QED) is 0.714. The fourth-order valence-corrected chi connectivity index (χ4v) is 1.81. The van der Waals surface area contributed by atoms with Crippen LogP contribution in [0.2, 0.25) is 0 Å². The van der Waals surface area contributed by atoms with Gasteiger partial charge in [0.15, 0.2) is 5.78 Å². The van der Waals surface area contributed by atoms with Gasteiger partial charge < -0.3 is 9.47 Å². The van der Waals surface area contributed by atoms with E-state index in [9.17, 15) is 4.79 Å². The SMILES string of the molecule is Cc1ccc(C)c(C(=O)C2COCCO2)c1. The number of ether oxygens (including phenoxy) is 2. The lowest BCUT2D eigenvalue weighted by Gasteiger charge is -2.22. The van der Waals surface area contributed by atoms with Gasteiger partial charge in [-0.15, -0.1) is 0 Å². The van der Waals surface area contributed by atoms with Gasteiger partial charge in [-0.25, -0.2) is 0 Å². The van der Waals surface area contributed by atoms with Crippen molar-refractivity contribution in [3.63, 3.8) is 0 Å². The third-order valence-corrected chi connectivity index (χ3v) is 2.77. The highest BCUT2D eigenvalue weighted by Gasteiger charge is 2.24. The summed E-state index contributed by atoms with van der Waals surface area (Å²) >= 11 is 0. The van der Waals surface area contributed by atoms with Crippen molar-refractivity contribution in [1.29, 1.82) is 0 Å². The summed E-state index contributed by atoms with van der Waals surface area (Å²) in [5.74, 6) is 0.0286. The summed E-state index contributed by atoms with van der Waals surface area (Å²) in [6.45, 7) is 5.37. The van der Waals surface area contributed by atoms with E-state index in [1.54, 1.807) is 0 Å². The molecule has 1 aliphatic heterocycles. The van der Waals surface area contributed by atoms with E-state index in [0.29, 0.717) is 19.8 Å². The molecule has 1 aromatic rings. The molecule has 1 atom stereocenters. The minimum absolute atomic E-state index is 0.0286. The number of hydrogen-bond acceptors (Lipinski definition) is 3. The molecule has 1 heterocycles. The molecule has 0 amide bonds. The number of carbonyl (C=O) groups is 1. The van der Waals surface area contributed by atoms with Crippen molar-refractivity contribution in [2.75, 3.05) is 19.8 Å². The molecule has 0 radical (unpaired) electrons. The van der Waals surface area contributed by atoms with Gasteiger partial charge in [0.1, 0.15) is 6.10 Å². The van der Waals surface area contributed by atoms with E-state index < -0.39 is 6.10 Å². The van der Waals surface area contributed by atoms with E-state index in [1.807, 2.05) is 32.0 Å². The van der Waals surface area contributed by atoms with E-state index in [0.717, 1.165) is 16.7 Å². The van der Waals surface area contributed by atoms with Gasteiger partial charge >= 0.3 is 0 Å². The number of ketones is 1. The number of benzene rings is 1. The smallest absolute Gasteiger partial charge is 0.194 e. The number of hydrogen-bond donors (Lipinski definition) is 0. The summed E-state index contributed by atoms with van der Waals surface area (Å²) in [6, 6.07) is 5.88. The van der Waals surface area contributed by atoms with Gasteiger partial charge in [0, 0.05) is 5.56 Å². The van der Waals surface area contributed by atoms with E-state index in [1.165, 1.54) is 0 Å². The molecule has 16 heavy (non-hydrogen) atoms. The molecule has 0 aromatic heterocycles. The summed E-state index contributed by atoms with van der Waals surface area (Å²) in [4.78, 5) is 12.2. The van der Waals surface area contributed by atoms with Gasteiger partial charge in [-0.3, -0.25) is 4.79 Å². The molecular weight excluding hydrogens is 204 g/mol. The third-order valence-electron chi connectivity index (χ3n) is 2.77. The average molecular weight is 220 g/mol. The van der Waals surface area contributed by atoms with E-state index in [-0.39, 0.29) is 5.78 Å². The van der Waals surface area contributed by atoms with Gasteiger partial charge in [-0.1, -0.05) is 17.7 Å². The normalized spacial score (nSPS) is 20.8. The van der Waals surface area contributed by atoms with Crippen molar-refractivity contribution in [1.82, 2.24) is 0 Å². The number of Topliss-reactive ketones (excluding diaryl/α,β-unsaturated/α-hetero) is 1. The molecule has 2 rings (SSSR count). The highest BCUT2D eigenvalue weighted by molar-refractivity contribution is 6.01. The van der Waals surface area contributed by atoms with Crippen LogP contribution in [0.3, 0.4) is 0 Å². The highest BCUT2D eigenvalue weighted by Crippen LogP contribution is 2.15. The minimum Gasteiger partial charge on any atom is -0.376 e. The van der Waals surface area contributed by atoms with Crippen molar-refractivity contribution >= 4 is 5.78 Å². The van der Waals surface area contributed by atoms with Crippen LogP contribution in [0.5, 0.6) is 0 Å². The van der Waals surface area contributed by atoms with Crippen LogP contribution in [-0.4, -0.2) is 31.7 Å². The lowest BCUT2D eigenvalue weighted by Crippen LogP contribution is -2.35. The Morgan fingerprint density at radius 3 is 2.81 bits per heavy atom. The summed E-state index contributed by atoms with van der Waals surface area (Å²) < 4.78 is 10.7. The zero-order chi connectivity index (χ0) is 11.5. The first-order valence-corrected chi connectivity index (χ1v) is 5.49. The predicted molar refractivity (Wildman–Crippen MR) is 60.8 cm³/mol. The minimum atomic E-state index is -0.436. The van der Waals surface area contributed by atoms with Crippen LogP contribution in [0, 0.1) is 13.8 Å². The number of rotatable bonds is 2. The van der Waals surface area contributed by atoms with Crippen molar-refractivity contribution in [3.8, 4) is 0 Å². The van der Waals surface area contributed by atoms with E-state index >= 15 is 0 Å². The Morgan fingerprint density at radius 1 is 1.31 bits per heavy atom. The summed E-state index contributed by atoms with van der Waals surface area (Å²) in [5, 5.41) is 0. The Labute approximate surface area is 95.4 Å². The Balaban J connectivity index is 2.22. The van der Waals surface area contributed by atoms with Crippen LogP contribution in [0.4, 0.5) is 0 Å². The first kappa shape index (κ1) is 11.3. The molecule has 0 N–H and O–H groups in total. The molecule has 0 bridgehead atoms. The highest BCUT2D eigenvalue weighted by atomic mass is 16.6. The second kappa shape index (κ2) is 4.76. The maximum atomic E-state index is 12.2. The summed E-state index contributed by atoms with van der Waals surface area (Å²) in [7, 11) is 0. The lowest BCUT2D eigenvalue weighted by atomic mass is 9.99. The lowest BCUT2D eigenvalue weighted by molar-refractivity contribution is -0.0719. The molecule has 1 fully saturated rings. The van der Waals surface area contributed by atoms with E-state index in [4.69, 9.17) is 9.47 Å². The van der Waals surface area contributed by atoms with Crippen molar-refractivity contribution in [2.24, 2.45) is 0 Å². The van der Waals surface area contributed by atoms with E-state index in [2.05, 4.69) is 0 Å². The van der Waals surface area contributed by atoms with Crippen LogP contribution in [0.25, 0.3) is 0 Å². The number of carbonyl (C=O) groups excluding carboxylic acids is 1. The predicted octanol–water partition coefficient (Wildman–Crippen LogP) is 1.90. The van der Waals surface area contributed by atoms with Gasteiger partial charge in [-0.05, 0) is 25.5 Å². The van der Waals surface area contributed by atoms with Crippen LogP contribution >= 0.6 is 0 Å². The van der Waals surface area contributed by atoms with Crippen LogP contribution < -0.4 is 0 Å². The number of aryl methyl sites for hydroxylation is 2. The Bertz CT molecular complexity index is 392. The Kier molecular flexibility index (Phi) is 3.36. The monoisotopic (exact) mass is 220 g/mol. The Hall–Kier alpha value is -1.19. The fraction of sp³-hybridized carbons (Fsp3) is 0.462. The average Bonchev–Trinajstić information content (AvgIpc) is 2.32. The largest absolute Gasteiger partial charge is 0.376 e. The maximum Gasteiger partial charge on any atom is 0.194 e. The molecular formula is C13H16O3. The third kappa shape index (κ3) is 2.31. The molecule has 1 aliphatic rings. The molecule has 86 valence electrons. The fourth-order valence-electron chi connectivity index (χ4n) is 1.81. The van der Waals surface area contributed by atoms with Crippen molar-refractivity contribution in [2.45, 2.75) is 20.0 Å². The van der Waals surface area contributed by atoms with Gasteiger partial charge in [-0.2, -0.15) is 0 Å². The van der Waals surface area contributed by atoms with Crippen molar-refractivity contribution in [3.05, 3.63) is 34.9 Å². The molecule has 1 unspecified atom stereocenters. The standard InChI is InChI=1S/C13H16O3/c1-9-3-4-10(2)11(7-9)13(14)12-8-15-5-6-16-12/h3-4,7,12H,5-6,8H2,1-2H3. The van der Waals surface area contributed by atoms with Crippen LogP contribution in [0.1, 0.15) is 21.5 Å². The van der Waals surface area contributed by atoms with Gasteiger partial charge in [0.05, 0.1) is 19.8 Å². The first-order valence-electron chi connectivity index (χ1n) is 5.49. The topological polar surface area (TPSA) is 35.5 Å². The maximum absolute atomic E-state index is 12.2. The molecule has 1 saturated heterocycles. The molecule has 0 spiro atoms. The Morgan fingerprint density at radius 2 is 2.12 bits per heavy atom. The second-order valence-corrected chi connectivity index (χ2v) is 4.12. The molecule has 0 saturated carbocycles. The molecule has 1 aromatic carbocycles. The zero-order valence-corrected chi connectivity index (χ0v) is 9.66. The van der Waals surface area contributed by atoms with Crippen LogP contribution in [0.15, 0.2) is 18.2 Å². The van der Waals surface area contributed by atoms with Crippen molar-refractivity contribution < 1.29 is 14.3 Å². The zero-order valence-electron chi connectivity index (χ0n) is 9.66. The van der Waals surface area contributed by atoms with Crippen LogP contribution in [-0.2, 0) is 9.47 Å². The molecule has 3 heteroatoms. The van der Waals surface area contributed by atoms with Gasteiger partial charge in [0.25, 0.3) is 0 Å². The summed E-state index contributed by atoms with van der Waals surface area (Å²) in [6.07, 6.45) is -0.436. The van der Waals surface area contributed by atoms with Gasteiger partial charge in [0.2, 0.25) is 0 Å². The molecule has 0 aliphatic carbocycles. The molecule has 3 nitrogen and oxygen atoms in total. The summed E-state index contributed by atoms with van der Waals surface area (Å²) in [5.41, 5.74) is 2.82.